The van der Waals surface area contributed by atoms with E-state index in [1.807, 2.05) is 26.2 Å². The molecule has 0 fully saturated rings. The van der Waals surface area contributed by atoms with Crippen LogP contribution >= 0.6 is 11.3 Å². The summed E-state index contributed by atoms with van der Waals surface area (Å²) in [4.78, 5) is 15.6. The first-order chi connectivity index (χ1) is 6.87. The summed E-state index contributed by atoms with van der Waals surface area (Å²) in [6.07, 6.45) is 1.10. The van der Waals surface area contributed by atoms with Crippen LogP contribution in [-0.4, -0.2) is 16.4 Å². The van der Waals surface area contributed by atoms with E-state index in [9.17, 15) is 4.79 Å². The van der Waals surface area contributed by atoms with E-state index in [1.54, 1.807) is 0 Å². The van der Waals surface area contributed by atoms with Crippen LogP contribution in [0.1, 0.15) is 32.4 Å². The van der Waals surface area contributed by atoms with Crippen LogP contribution in [0.5, 0.6) is 0 Å². The number of carbonyl (C=O) groups excluding carboxylic acids is 1. The lowest BCUT2D eigenvalue weighted by Gasteiger charge is -2.17. The normalized spacial score (nSPS) is 11.5. The van der Waals surface area contributed by atoms with E-state index in [0.29, 0.717) is 18.0 Å². The van der Waals surface area contributed by atoms with Crippen molar-refractivity contribution in [3.8, 4) is 0 Å². The monoisotopic (exact) mass is 227 g/mol. The summed E-state index contributed by atoms with van der Waals surface area (Å²) in [7, 11) is 0. The second-order valence-electron chi connectivity index (χ2n) is 4.33. The minimum absolute atomic E-state index is 0.0251. The second-order valence-corrected chi connectivity index (χ2v) is 5.19. The molecule has 0 aliphatic carbocycles. The average Bonchev–Trinajstić information content (AvgIpc) is 2.47. The summed E-state index contributed by atoms with van der Waals surface area (Å²) < 4.78 is 0. The van der Waals surface area contributed by atoms with Gasteiger partial charge in [0.2, 0.25) is 5.91 Å². The number of nitrogens with two attached hydrogens (primary N) is 1. The number of anilines is 1. The molecule has 0 saturated carbocycles. The molecule has 0 saturated heterocycles. The van der Waals surface area contributed by atoms with Gasteiger partial charge in [-0.2, -0.15) is 0 Å². The Morgan fingerprint density at radius 1 is 1.67 bits per heavy atom. The van der Waals surface area contributed by atoms with Crippen LogP contribution in [0.3, 0.4) is 0 Å². The van der Waals surface area contributed by atoms with Gasteiger partial charge in [-0.15, -0.1) is 11.3 Å². The average molecular weight is 227 g/mol. The Kier molecular flexibility index (Phi) is 3.82. The first-order valence-electron chi connectivity index (χ1n) is 4.88. The number of nitrogens with one attached hydrogen (secondary N) is 1. The van der Waals surface area contributed by atoms with Crippen molar-refractivity contribution in [2.24, 2.45) is 5.73 Å². The molecule has 5 heteroatoms. The molecule has 1 heterocycles. The number of hydrogen-bond acceptors (Lipinski definition) is 4. The predicted octanol–water partition coefficient (Wildman–Crippen LogP) is 1.91. The quantitative estimate of drug-likeness (QED) is 0.825. The molecule has 0 bridgehead atoms. The highest BCUT2D eigenvalue weighted by Gasteiger charge is 2.13. The number of hydrogen-bond donors (Lipinski definition) is 2. The molecule has 0 unspecified atom stereocenters. The van der Waals surface area contributed by atoms with Crippen LogP contribution in [0.2, 0.25) is 0 Å². The Bertz CT molecular complexity index is 341. The molecule has 0 aromatic carbocycles. The van der Waals surface area contributed by atoms with Crippen molar-refractivity contribution in [2.45, 2.75) is 39.2 Å². The number of aryl methyl sites for hydroxylation is 1. The summed E-state index contributed by atoms with van der Waals surface area (Å²) in [6.45, 7) is 5.72. The van der Waals surface area contributed by atoms with Crippen LogP contribution in [0.4, 0.5) is 5.13 Å². The number of nitrogens with zero attached hydrogens (tertiary/aromatic N) is 1. The van der Waals surface area contributed by atoms with Gasteiger partial charge in [-0.3, -0.25) is 4.79 Å². The van der Waals surface area contributed by atoms with Crippen molar-refractivity contribution >= 4 is 22.4 Å². The van der Waals surface area contributed by atoms with Crippen LogP contribution in [0.15, 0.2) is 5.38 Å². The number of aromatic nitrogens is 1. The largest absolute Gasteiger partial charge is 0.326 e. The molecule has 1 amide bonds. The number of rotatable bonds is 4. The highest BCUT2D eigenvalue weighted by atomic mass is 32.1. The third-order valence-corrected chi connectivity index (χ3v) is 2.74. The van der Waals surface area contributed by atoms with Gasteiger partial charge in [0.15, 0.2) is 5.13 Å². The zero-order valence-electron chi connectivity index (χ0n) is 9.33. The predicted molar refractivity (Wildman–Crippen MR) is 63.0 cm³/mol. The lowest BCUT2D eigenvalue weighted by Crippen LogP contribution is -2.33. The van der Waals surface area contributed by atoms with Crippen molar-refractivity contribution in [2.75, 3.05) is 5.32 Å². The smallest absolute Gasteiger partial charge is 0.226 e. The van der Waals surface area contributed by atoms with Crippen LogP contribution in [0.25, 0.3) is 0 Å². The third kappa shape index (κ3) is 4.90. The van der Waals surface area contributed by atoms with Gasteiger partial charge in [-0.1, -0.05) is 0 Å². The standard InChI is InChI=1S/C10H17N3OS/c1-7-6-15-9(12-7)13-8(14)4-5-10(2,3)11/h6H,4-5,11H2,1-3H3,(H,12,13,14). The number of carbonyl (C=O) groups is 1. The first kappa shape index (κ1) is 12.1. The summed E-state index contributed by atoms with van der Waals surface area (Å²) in [5.41, 5.74) is 6.42. The van der Waals surface area contributed by atoms with Crippen molar-refractivity contribution in [1.29, 1.82) is 0 Å². The van der Waals surface area contributed by atoms with Crippen molar-refractivity contribution in [3.63, 3.8) is 0 Å². The number of amides is 1. The van der Waals surface area contributed by atoms with Crippen LogP contribution in [0, 0.1) is 6.92 Å². The zero-order valence-corrected chi connectivity index (χ0v) is 10.1. The topological polar surface area (TPSA) is 68.0 Å². The maximum Gasteiger partial charge on any atom is 0.226 e. The molecule has 15 heavy (non-hydrogen) atoms. The van der Waals surface area contributed by atoms with E-state index in [2.05, 4.69) is 10.3 Å². The Morgan fingerprint density at radius 2 is 2.33 bits per heavy atom. The minimum atomic E-state index is -0.296. The summed E-state index contributed by atoms with van der Waals surface area (Å²) in [6, 6.07) is 0. The van der Waals surface area contributed by atoms with Crippen LogP contribution in [-0.2, 0) is 4.79 Å². The van der Waals surface area contributed by atoms with Gasteiger partial charge in [-0.05, 0) is 27.2 Å². The van der Waals surface area contributed by atoms with Gasteiger partial charge in [0, 0.05) is 17.3 Å². The molecule has 0 atom stereocenters. The molecular weight excluding hydrogens is 210 g/mol. The van der Waals surface area contributed by atoms with E-state index < -0.39 is 0 Å². The van der Waals surface area contributed by atoms with Gasteiger partial charge in [0.05, 0.1) is 5.69 Å². The SMILES string of the molecule is Cc1csc(NC(=O)CCC(C)(C)N)n1. The molecule has 0 aliphatic heterocycles. The van der Waals surface area contributed by atoms with E-state index in [-0.39, 0.29) is 11.4 Å². The van der Waals surface area contributed by atoms with Crippen molar-refractivity contribution < 1.29 is 4.79 Å². The van der Waals surface area contributed by atoms with Gasteiger partial charge in [0.25, 0.3) is 0 Å². The van der Waals surface area contributed by atoms with Crippen molar-refractivity contribution in [3.05, 3.63) is 11.1 Å². The molecule has 1 aromatic rings. The molecule has 0 spiro atoms. The fraction of sp³-hybridized carbons (Fsp3) is 0.600. The Balaban J connectivity index is 2.37. The van der Waals surface area contributed by atoms with Gasteiger partial charge in [-0.25, -0.2) is 4.98 Å². The molecule has 0 radical (unpaired) electrons. The minimum Gasteiger partial charge on any atom is -0.326 e. The molecule has 0 aliphatic rings. The molecule has 3 N–H and O–H groups in total. The van der Waals surface area contributed by atoms with E-state index >= 15 is 0 Å². The van der Waals surface area contributed by atoms with E-state index in [1.165, 1.54) is 11.3 Å². The Morgan fingerprint density at radius 3 is 2.80 bits per heavy atom. The fourth-order valence-electron chi connectivity index (χ4n) is 1.03. The molecular formula is C10H17N3OS. The van der Waals surface area contributed by atoms with Gasteiger partial charge >= 0.3 is 0 Å². The summed E-state index contributed by atoms with van der Waals surface area (Å²) in [5, 5.41) is 5.31. The van der Waals surface area contributed by atoms with E-state index in [0.717, 1.165) is 5.69 Å². The highest BCUT2D eigenvalue weighted by molar-refractivity contribution is 7.13. The summed E-state index contributed by atoms with van der Waals surface area (Å²) >= 11 is 1.44. The molecule has 84 valence electrons. The van der Waals surface area contributed by atoms with Crippen molar-refractivity contribution in [1.82, 2.24) is 4.98 Å². The maximum atomic E-state index is 11.5. The fourth-order valence-corrected chi connectivity index (χ4v) is 1.73. The Labute approximate surface area is 93.9 Å². The first-order valence-corrected chi connectivity index (χ1v) is 5.76. The number of thiazole rings is 1. The lowest BCUT2D eigenvalue weighted by molar-refractivity contribution is -0.116. The van der Waals surface area contributed by atoms with Gasteiger partial charge in [0.1, 0.15) is 0 Å². The lowest BCUT2D eigenvalue weighted by atomic mass is 10.00. The van der Waals surface area contributed by atoms with Gasteiger partial charge < -0.3 is 11.1 Å². The summed E-state index contributed by atoms with van der Waals surface area (Å²) in [5.74, 6) is -0.0251. The molecule has 1 rings (SSSR count). The highest BCUT2D eigenvalue weighted by Crippen LogP contribution is 2.15. The zero-order chi connectivity index (χ0) is 11.5. The van der Waals surface area contributed by atoms with E-state index in [4.69, 9.17) is 5.73 Å². The molecule has 1 aromatic heterocycles. The third-order valence-electron chi connectivity index (χ3n) is 1.86. The van der Waals surface area contributed by atoms with Crippen LogP contribution < -0.4 is 11.1 Å². The molecule has 4 nitrogen and oxygen atoms in total. The second kappa shape index (κ2) is 4.72. The maximum absolute atomic E-state index is 11.5. The Hall–Kier alpha value is -0.940.